The van der Waals surface area contributed by atoms with Crippen molar-refractivity contribution in [1.29, 1.82) is 0 Å². The molecule has 0 aliphatic rings. The highest BCUT2D eigenvalue weighted by atomic mass is 19.2. The number of hydrogen-bond donors (Lipinski definition) is 2. The van der Waals surface area contributed by atoms with Crippen LogP contribution in [0.5, 0.6) is 5.75 Å². The molecule has 2 aromatic rings. The minimum atomic E-state index is -1.63. The summed E-state index contributed by atoms with van der Waals surface area (Å²) in [6.07, 6.45) is -0.0435. The van der Waals surface area contributed by atoms with E-state index in [1.807, 2.05) is 13.8 Å². The van der Waals surface area contributed by atoms with Crippen LogP contribution in [-0.4, -0.2) is 18.6 Å². The lowest BCUT2D eigenvalue weighted by atomic mass is 10.2. The van der Waals surface area contributed by atoms with Crippen LogP contribution >= 0.6 is 0 Å². The molecule has 0 saturated carbocycles. The van der Waals surface area contributed by atoms with Crippen molar-refractivity contribution in [2.45, 2.75) is 20.0 Å². The van der Waals surface area contributed by atoms with Gasteiger partial charge in [-0.05, 0) is 38.1 Å². The SMILES string of the molecule is CC(C)Oc1ccccc1NCC(=O)Nc1ccc(F)c(F)c1F. The fourth-order valence-corrected chi connectivity index (χ4v) is 1.96. The number of hydrogen-bond acceptors (Lipinski definition) is 3. The Kier molecular flexibility index (Phi) is 5.68. The average molecular weight is 338 g/mol. The van der Waals surface area contributed by atoms with Gasteiger partial charge in [0.2, 0.25) is 5.91 Å². The van der Waals surface area contributed by atoms with E-state index in [-0.39, 0.29) is 12.6 Å². The Bertz CT molecular complexity index is 736. The molecule has 2 N–H and O–H groups in total. The van der Waals surface area contributed by atoms with Crippen molar-refractivity contribution >= 4 is 17.3 Å². The maximum Gasteiger partial charge on any atom is 0.243 e. The maximum absolute atomic E-state index is 13.5. The first-order valence-electron chi connectivity index (χ1n) is 7.31. The predicted molar refractivity (Wildman–Crippen MR) is 85.6 cm³/mol. The summed E-state index contributed by atoms with van der Waals surface area (Å²) in [6, 6.07) is 8.73. The number of amides is 1. The van der Waals surface area contributed by atoms with Crippen LogP contribution in [0.25, 0.3) is 0 Å². The summed E-state index contributed by atoms with van der Waals surface area (Å²) in [5.74, 6) is -4.43. The third-order valence-electron chi connectivity index (χ3n) is 3.00. The Hall–Kier alpha value is -2.70. The third-order valence-corrected chi connectivity index (χ3v) is 3.00. The second kappa shape index (κ2) is 7.72. The number of halogens is 3. The van der Waals surface area contributed by atoms with E-state index in [0.29, 0.717) is 11.4 Å². The summed E-state index contributed by atoms with van der Waals surface area (Å²) >= 11 is 0. The van der Waals surface area contributed by atoms with E-state index in [0.717, 1.165) is 12.1 Å². The predicted octanol–water partition coefficient (Wildman–Crippen LogP) is 3.94. The van der Waals surface area contributed by atoms with Crippen LogP contribution in [0.3, 0.4) is 0 Å². The Balaban J connectivity index is 2.01. The molecule has 0 aliphatic heterocycles. The molecule has 2 aromatic carbocycles. The number of nitrogens with one attached hydrogen (secondary N) is 2. The van der Waals surface area contributed by atoms with Crippen LogP contribution in [0.4, 0.5) is 24.5 Å². The van der Waals surface area contributed by atoms with Gasteiger partial charge in [-0.1, -0.05) is 12.1 Å². The number of carbonyl (C=O) groups is 1. The van der Waals surface area contributed by atoms with E-state index in [9.17, 15) is 18.0 Å². The van der Waals surface area contributed by atoms with Crippen LogP contribution in [0, 0.1) is 17.5 Å². The summed E-state index contributed by atoms with van der Waals surface area (Å²) in [7, 11) is 0. The number of anilines is 2. The van der Waals surface area contributed by atoms with E-state index in [1.165, 1.54) is 0 Å². The number of rotatable bonds is 6. The minimum absolute atomic E-state index is 0.0435. The lowest BCUT2D eigenvalue weighted by molar-refractivity contribution is -0.114. The zero-order valence-corrected chi connectivity index (χ0v) is 13.2. The van der Waals surface area contributed by atoms with Crippen LogP contribution in [-0.2, 0) is 4.79 Å². The van der Waals surface area contributed by atoms with Gasteiger partial charge < -0.3 is 15.4 Å². The van der Waals surface area contributed by atoms with E-state index < -0.39 is 29.0 Å². The molecule has 2 rings (SSSR count). The standard InChI is InChI=1S/C17H17F3N2O2/c1-10(2)24-14-6-4-3-5-12(14)21-9-15(23)22-13-8-7-11(18)16(19)17(13)20/h3-8,10,21H,9H2,1-2H3,(H,22,23). The van der Waals surface area contributed by atoms with Crippen LogP contribution < -0.4 is 15.4 Å². The monoisotopic (exact) mass is 338 g/mol. The van der Waals surface area contributed by atoms with Gasteiger partial charge in [0.15, 0.2) is 17.5 Å². The molecule has 0 heterocycles. The van der Waals surface area contributed by atoms with Crippen LogP contribution in [0.1, 0.15) is 13.8 Å². The van der Waals surface area contributed by atoms with Gasteiger partial charge in [-0.2, -0.15) is 0 Å². The van der Waals surface area contributed by atoms with Crippen molar-refractivity contribution in [3.63, 3.8) is 0 Å². The molecular formula is C17H17F3N2O2. The summed E-state index contributed by atoms with van der Waals surface area (Å²) in [4.78, 5) is 11.9. The molecule has 0 fully saturated rings. The van der Waals surface area contributed by atoms with E-state index in [4.69, 9.17) is 4.74 Å². The number of para-hydroxylation sites is 2. The fourth-order valence-electron chi connectivity index (χ4n) is 1.96. The van der Waals surface area contributed by atoms with Crippen molar-refractivity contribution < 1.29 is 22.7 Å². The molecule has 0 bridgehead atoms. The molecule has 24 heavy (non-hydrogen) atoms. The molecule has 1 amide bonds. The van der Waals surface area contributed by atoms with E-state index in [2.05, 4.69) is 10.6 Å². The lowest BCUT2D eigenvalue weighted by Gasteiger charge is -2.15. The number of carbonyl (C=O) groups excluding carboxylic acids is 1. The molecular weight excluding hydrogens is 321 g/mol. The van der Waals surface area contributed by atoms with Gasteiger partial charge >= 0.3 is 0 Å². The molecule has 128 valence electrons. The second-order valence-corrected chi connectivity index (χ2v) is 5.29. The first kappa shape index (κ1) is 17.7. The van der Waals surface area contributed by atoms with Crippen molar-refractivity contribution in [3.8, 4) is 5.75 Å². The maximum atomic E-state index is 13.5. The van der Waals surface area contributed by atoms with Crippen LogP contribution in [0.2, 0.25) is 0 Å². The second-order valence-electron chi connectivity index (χ2n) is 5.29. The molecule has 0 unspecified atom stereocenters. The van der Waals surface area contributed by atoms with Crippen molar-refractivity contribution in [3.05, 3.63) is 53.8 Å². The number of benzene rings is 2. The largest absolute Gasteiger partial charge is 0.489 e. The van der Waals surface area contributed by atoms with Gasteiger partial charge in [0.1, 0.15) is 5.75 Å². The lowest BCUT2D eigenvalue weighted by Crippen LogP contribution is -2.23. The van der Waals surface area contributed by atoms with Gasteiger partial charge in [-0.3, -0.25) is 4.79 Å². The van der Waals surface area contributed by atoms with Crippen LogP contribution in [0.15, 0.2) is 36.4 Å². The summed E-state index contributed by atoms with van der Waals surface area (Å²) in [5.41, 5.74) is 0.166. The van der Waals surface area contributed by atoms with Crippen molar-refractivity contribution in [1.82, 2.24) is 0 Å². The zero-order chi connectivity index (χ0) is 17.7. The van der Waals surface area contributed by atoms with E-state index in [1.54, 1.807) is 24.3 Å². The molecule has 7 heteroatoms. The Morgan fingerprint density at radius 3 is 2.46 bits per heavy atom. The molecule has 0 saturated heterocycles. The normalized spacial score (nSPS) is 10.6. The van der Waals surface area contributed by atoms with Gasteiger partial charge in [0.05, 0.1) is 24.0 Å². The quantitative estimate of drug-likeness (QED) is 0.785. The highest BCUT2D eigenvalue weighted by molar-refractivity contribution is 5.94. The molecule has 0 aromatic heterocycles. The van der Waals surface area contributed by atoms with Gasteiger partial charge in [-0.15, -0.1) is 0 Å². The van der Waals surface area contributed by atoms with E-state index >= 15 is 0 Å². The number of ether oxygens (including phenoxy) is 1. The first-order chi connectivity index (χ1) is 11.4. The molecule has 0 atom stereocenters. The Labute approximate surface area is 137 Å². The third kappa shape index (κ3) is 4.41. The highest BCUT2D eigenvalue weighted by Crippen LogP contribution is 2.25. The van der Waals surface area contributed by atoms with Gasteiger partial charge in [0, 0.05) is 0 Å². The molecule has 0 radical (unpaired) electrons. The minimum Gasteiger partial charge on any atom is -0.489 e. The summed E-state index contributed by atoms with van der Waals surface area (Å²) < 4.78 is 45.1. The molecule has 4 nitrogen and oxygen atoms in total. The van der Waals surface area contributed by atoms with Gasteiger partial charge in [0.25, 0.3) is 0 Å². The molecule has 0 spiro atoms. The summed E-state index contributed by atoms with van der Waals surface area (Å²) in [5, 5.41) is 5.04. The highest BCUT2D eigenvalue weighted by Gasteiger charge is 2.15. The van der Waals surface area contributed by atoms with Crippen molar-refractivity contribution in [2.75, 3.05) is 17.2 Å². The first-order valence-corrected chi connectivity index (χ1v) is 7.31. The Morgan fingerprint density at radius 2 is 1.75 bits per heavy atom. The zero-order valence-electron chi connectivity index (χ0n) is 13.2. The van der Waals surface area contributed by atoms with Crippen molar-refractivity contribution in [2.24, 2.45) is 0 Å². The average Bonchev–Trinajstić information content (AvgIpc) is 2.54. The topological polar surface area (TPSA) is 50.4 Å². The summed E-state index contributed by atoms with van der Waals surface area (Å²) in [6.45, 7) is 3.54. The Morgan fingerprint density at radius 1 is 1.04 bits per heavy atom. The fraction of sp³-hybridized carbons (Fsp3) is 0.235. The molecule has 0 aliphatic carbocycles. The van der Waals surface area contributed by atoms with Gasteiger partial charge in [-0.25, -0.2) is 13.2 Å². The smallest absolute Gasteiger partial charge is 0.243 e.